The van der Waals surface area contributed by atoms with Crippen LogP contribution in [0.3, 0.4) is 0 Å². The number of nitrogens with zero attached hydrogens (tertiary/aromatic N) is 1. The molecule has 2 N–H and O–H groups in total. The van der Waals surface area contributed by atoms with Crippen LogP contribution in [0.15, 0.2) is 16.6 Å². The van der Waals surface area contributed by atoms with Crippen LogP contribution in [0.25, 0.3) is 0 Å². The van der Waals surface area contributed by atoms with E-state index in [9.17, 15) is 5.11 Å². The lowest BCUT2D eigenvalue weighted by molar-refractivity contribution is 0.144. The van der Waals surface area contributed by atoms with Gasteiger partial charge in [0.15, 0.2) is 0 Å². The van der Waals surface area contributed by atoms with Crippen molar-refractivity contribution >= 4 is 21.7 Å². The first-order valence-corrected chi connectivity index (χ1v) is 7.04. The Morgan fingerprint density at radius 1 is 1.29 bits per heavy atom. The standard InChI is InChI=1S/C13H19BrN2O/c1-9-10(14)7-8-13(15-9)16-11-5-3-2-4-6-12(11)17/h7-8,11-12,17H,2-6H2,1H3,(H,15,16). The maximum atomic E-state index is 10.0. The van der Waals surface area contributed by atoms with Gasteiger partial charge in [0.2, 0.25) is 0 Å². The van der Waals surface area contributed by atoms with Crippen molar-refractivity contribution in [2.24, 2.45) is 0 Å². The zero-order chi connectivity index (χ0) is 12.3. The summed E-state index contributed by atoms with van der Waals surface area (Å²) in [7, 11) is 0. The average molecular weight is 299 g/mol. The van der Waals surface area contributed by atoms with Crippen molar-refractivity contribution in [1.29, 1.82) is 0 Å². The van der Waals surface area contributed by atoms with Gasteiger partial charge in [0, 0.05) is 4.47 Å². The van der Waals surface area contributed by atoms with Crippen molar-refractivity contribution in [2.45, 2.75) is 51.2 Å². The van der Waals surface area contributed by atoms with Crippen LogP contribution in [0.2, 0.25) is 0 Å². The molecule has 0 aliphatic heterocycles. The molecule has 0 spiro atoms. The Labute approximate surface area is 111 Å². The topological polar surface area (TPSA) is 45.2 Å². The smallest absolute Gasteiger partial charge is 0.126 e. The normalized spacial score (nSPS) is 25.4. The Balaban J connectivity index is 2.05. The Morgan fingerprint density at radius 3 is 2.82 bits per heavy atom. The van der Waals surface area contributed by atoms with Crippen LogP contribution in [0, 0.1) is 6.92 Å². The number of aliphatic hydroxyl groups excluding tert-OH is 1. The minimum Gasteiger partial charge on any atom is -0.391 e. The van der Waals surface area contributed by atoms with E-state index in [1.54, 1.807) is 0 Å². The molecule has 0 bridgehead atoms. The van der Waals surface area contributed by atoms with E-state index in [2.05, 4.69) is 26.2 Å². The Bertz CT molecular complexity index is 384. The fraction of sp³-hybridized carbons (Fsp3) is 0.615. The van der Waals surface area contributed by atoms with Crippen LogP contribution in [-0.4, -0.2) is 22.2 Å². The molecular formula is C13H19BrN2O. The van der Waals surface area contributed by atoms with E-state index < -0.39 is 0 Å². The van der Waals surface area contributed by atoms with Gasteiger partial charge in [-0.2, -0.15) is 0 Å². The van der Waals surface area contributed by atoms with Crippen LogP contribution in [-0.2, 0) is 0 Å². The maximum absolute atomic E-state index is 10.0. The summed E-state index contributed by atoms with van der Waals surface area (Å²) in [6.07, 6.45) is 5.21. The van der Waals surface area contributed by atoms with Gasteiger partial charge in [0.1, 0.15) is 5.82 Å². The third kappa shape index (κ3) is 3.42. The first-order chi connectivity index (χ1) is 8.16. The van der Waals surface area contributed by atoms with Gasteiger partial charge in [-0.25, -0.2) is 4.98 Å². The predicted octanol–water partition coefficient (Wildman–Crippen LogP) is 3.26. The van der Waals surface area contributed by atoms with Crippen molar-refractivity contribution < 1.29 is 5.11 Å². The highest BCUT2D eigenvalue weighted by Gasteiger charge is 2.21. The molecule has 1 fully saturated rings. The first kappa shape index (κ1) is 12.8. The number of hydrogen-bond donors (Lipinski definition) is 2. The van der Waals surface area contributed by atoms with Gasteiger partial charge in [-0.1, -0.05) is 19.3 Å². The first-order valence-electron chi connectivity index (χ1n) is 6.24. The third-order valence-electron chi connectivity index (χ3n) is 3.33. The molecule has 1 aromatic rings. The minimum atomic E-state index is -0.247. The van der Waals surface area contributed by atoms with Crippen LogP contribution < -0.4 is 5.32 Å². The molecule has 94 valence electrons. The SMILES string of the molecule is Cc1nc(NC2CCCCCC2O)ccc1Br. The number of aliphatic hydroxyl groups is 1. The summed E-state index contributed by atoms with van der Waals surface area (Å²) in [5.74, 6) is 0.858. The molecular weight excluding hydrogens is 280 g/mol. The molecule has 0 saturated heterocycles. The highest BCUT2D eigenvalue weighted by Crippen LogP contribution is 2.22. The Morgan fingerprint density at radius 2 is 2.06 bits per heavy atom. The molecule has 17 heavy (non-hydrogen) atoms. The highest BCUT2D eigenvalue weighted by atomic mass is 79.9. The lowest BCUT2D eigenvalue weighted by Crippen LogP contribution is -2.32. The number of hydrogen-bond acceptors (Lipinski definition) is 3. The molecule has 1 aliphatic carbocycles. The maximum Gasteiger partial charge on any atom is 0.126 e. The van der Waals surface area contributed by atoms with E-state index in [4.69, 9.17) is 0 Å². The van der Waals surface area contributed by atoms with Crippen LogP contribution in [0.5, 0.6) is 0 Å². The van der Waals surface area contributed by atoms with Crippen molar-refractivity contribution in [1.82, 2.24) is 4.98 Å². The van der Waals surface area contributed by atoms with Gasteiger partial charge in [-0.15, -0.1) is 0 Å². The molecule has 1 heterocycles. The number of aromatic nitrogens is 1. The lowest BCUT2D eigenvalue weighted by atomic mass is 10.1. The van der Waals surface area contributed by atoms with Crippen molar-refractivity contribution in [3.63, 3.8) is 0 Å². The van der Waals surface area contributed by atoms with Crippen LogP contribution >= 0.6 is 15.9 Å². The predicted molar refractivity (Wildman–Crippen MR) is 73.2 cm³/mol. The van der Waals surface area contributed by atoms with E-state index in [0.717, 1.165) is 35.2 Å². The van der Waals surface area contributed by atoms with Gasteiger partial charge in [0.25, 0.3) is 0 Å². The Hall–Kier alpha value is -0.610. The van der Waals surface area contributed by atoms with Gasteiger partial charge in [0.05, 0.1) is 17.8 Å². The summed E-state index contributed by atoms with van der Waals surface area (Å²) in [4.78, 5) is 4.46. The number of pyridine rings is 1. The summed E-state index contributed by atoms with van der Waals surface area (Å²) in [6.45, 7) is 1.97. The second-order valence-electron chi connectivity index (χ2n) is 4.72. The number of anilines is 1. The summed E-state index contributed by atoms with van der Waals surface area (Å²) >= 11 is 3.44. The van der Waals surface area contributed by atoms with E-state index in [1.807, 2.05) is 19.1 Å². The largest absolute Gasteiger partial charge is 0.391 e. The molecule has 0 amide bonds. The fourth-order valence-electron chi connectivity index (χ4n) is 2.27. The van der Waals surface area contributed by atoms with Crippen molar-refractivity contribution in [3.8, 4) is 0 Å². The third-order valence-corrected chi connectivity index (χ3v) is 4.17. The van der Waals surface area contributed by atoms with Gasteiger partial charge < -0.3 is 10.4 Å². The number of nitrogens with one attached hydrogen (secondary N) is 1. The molecule has 2 unspecified atom stereocenters. The molecule has 2 atom stereocenters. The zero-order valence-corrected chi connectivity index (χ0v) is 11.7. The molecule has 0 radical (unpaired) electrons. The quantitative estimate of drug-likeness (QED) is 0.824. The number of halogens is 1. The summed E-state index contributed by atoms with van der Waals surface area (Å²) in [5.41, 5.74) is 0.970. The summed E-state index contributed by atoms with van der Waals surface area (Å²) in [6, 6.07) is 4.09. The van der Waals surface area contributed by atoms with Crippen LogP contribution in [0.4, 0.5) is 5.82 Å². The van der Waals surface area contributed by atoms with Crippen LogP contribution in [0.1, 0.15) is 37.8 Å². The van der Waals surface area contributed by atoms with Gasteiger partial charge >= 0.3 is 0 Å². The van der Waals surface area contributed by atoms with Gasteiger partial charge in [-0.05, 0) is 47.8 Å². The fourth-order valence-corrected chi connectivity index (χ4v) is 2.49. The zero-order valence-electron chi connectivity index (χ0n) is 10.1. The average Bonchev–Trinajstić information content (AvgIpc) is 2.50. The lowest BCUT2D eigenvalue weighted by Gasteiger charge is -2.22. The molecule has 1 saturated carbocycles. The summed E-state index contributed by atoms with van der Waals surface area (Å²) in [5, 5.41) is 13.4. The molecule has 1 aliphatic rings. The highest BCUT2D eigenvalue weighted by molar-refractivity contribution is 9.10. The van der Waals surface area contributed by atoms with E-state index >= 15 is 0 Å². The van der Waals surface area contributed by atoms with E-state index in [1.165, 1.54) is 12.8 Å². The molecule has 4 heteroatoms. The van der Waals surface area contributed by atoms with Gasteiger partial charge in [-0.3, -0.25) is 0 Å². The molecule has 2 rings (SSSR count). The minimum absolute atomic E-state index is 0.144. The monoisotopic (exact) mass is 298 g/mol. The molecule has 3 nitrogen and oxygen atoms in total. The Kier molecular flexibility index (Phi) is 4.40. The van der Waals surface area contributed by atoms with E-state index in [-0.39, 0.29) is 12.1 Å². The van der Waals surface area contributed by atoms with Crippen molar-refractivity contribution in [2.75, 3.05) is 5.32 Å². The van der Waals surface area contributed by atoms with E-state index in [0.29, 0.717) is 0 Å². The number of rotatable bonds is 2. The second kappa shape index (κ2) is 5.83. The van der Waals surface area contributed by atoms with Crippen molar-refractivity contribution in [3.05, 3.63) is 22.3 Å². The number of aryl methyl sites for hydroxylation is 1. The second-order valence-corrected chi connectivity index (χ2v) is 5.57. The molecule has 0 aromatic carbocycles. The molecule has 1 aromatic heterocycles. The summed E-state index contributed by atoms with van der Waals surface area (Å²) < 4.78 is 1.02.